The number of halogens is 2. The average molecular weight is 530 g/mol. The number of nitrogens with one attached hydrogen (secondary N) is 1. The van der Waals surface area contributed by atoms with Gasteiger partial charge < -0.3 is 25.2 Å². The number of rotatable bonds is 6. The predicted molar refractivity (Wildman–Crippen MR) is 140 cm³/mol. The third kappa shape index (κ3) is 7.24. The number of piperidine rings is 2. The van der Waals surface area contributed by atoms with Crippen LogP contribution in [0.2, 0.25) is 0 Å². The van der Waals surface area contributed by atoms with Crippen molar-refractivity contribution in [1.29, 1.82) is 5.41 Å². The van der Waals surface area contributed by atoms with E-state index in [-0.39, 0.29) is 54.3 Å². The number of hydrogen-bond acceptors (Lipinski definition) is 6. The highest BCUT2D eigenvalue weighted by molar-refractivity contribution is 5.98. The highest BCUT2D eigenvalue weighted by Gasteiger charge is 2.40. The van der Waals surface area contributed by atoms with Crippen LogP contribution in [0.15, 0.2) is 24.3 Å². The number of nitrogens with two attached hydrogens (primary N) is 1. The summed E-state index contributed by atoms with van der Waals surface area (Å²) in [6.07, 6.45) is 2.81. The third-order valence-electron chi connectivity index (χ3n) is 6.87. The Morgan fingerprint density at radius 1 is 1.00 bits per heavy atom. The number of likely N-dealkylation sites (tertiary alicyclic amines) is 1. The lowest BCUT2D eigenvalue weighted by atomic mass is 9.82. The molecule has 0 radical (unpaired) electrons. The molecule has 2 aliphatic heterocycles. The van der Waals surface area contributed by atoms with Crippen LogP contribution < -0.4 is 10.6 Å². The van der Waals surface area contributed by atoms with E-state index in [1.54, 1.807) is 14.1 Å². The maximum absolute atomic E-state index is 13.1. The molecule has 2 fully saturated rings. The van der Waals surface area contributed by atoms with Gasteiger partial charge in [0.1, 0.15) is 11.8 Å². The fourth-order valence-corrected chi connectivity index (χ4v) is 4.85. The number of nitrogens with zero attached hydrogens (tertiary/aromatic N) is 3. The van der Waals surface area contributed by atoms with Crippen molar-refractivity contribution in [1.82, 2.24) is 9.80 Å². The van der Waals surface area contributed by atoms with Crippen LogP contribution in [-0.4, -0.2) is 80.8 Å². The molecule has 0 aliphatic carbocycles. The van der Waals surface area contributed by atoms with Crippen LogP contribution in [0.3, 0.4) is 0 Å². The molecule has 2 aliphatic rings. The molecule has 2 amide bonds. The van der Waals surface area contributed by atoms with Gasteiger partial charge in [0.05, 0.1) is 7.11 Å². The van der Waals surface area contributed by atoms with Crippen LogP contribution in [0.4, 0.5) is 5.69 Å². The van der Waals surface area contributed by atoms with Gasteiger partial charge in [0.15, 0.2) is 0 Å². The molecule has 1 atom stereocenters. The molecule has 1 aromatic rings. The predicted octanol–water partition coefficient (Wildman–Crippen LogP) is 2.15. The molecule has 2 heterocycles. The van der Waals surface area contributed by atoms with Gasteiger partial charge in [-0.15, -0.1) is 24.8 Å². The number of nitrogen functional groups attached to an aromatic ring is 1. The minimum Gasteiger partial charge on any atom is -0.468 e. The van der Waals surface area contributed by atoms with Gasteiger partial charge in [-0.3, -0.25) is 19.8 Å². The number of methoxy groups -OCH3 is 1. The van der Waals surface area contributed by atoms with Crippen molar-refractivity contribution in [2.75, 3.05) is 52.3 Å². The average Bonchev–Trinajstić information content (AvgIpc) is 2.84. The van der Waals surface area contributed by atoms with E-state index < -0.39 is 11.9 Å². The van der Waals surface area contributed by atoms with Gasteiger partial charge in [-0.05, 0) is 55.9 Å². The Balaban J connectivity index is 0.00000306. The van der Waals surface area contributed by atoms with Gasteiger partial charge >= 0.3 is 5.97 Å². The molecule has 1 aromatic carbocycles. The Morgan fingerprint density at radius 3 is 2.00 bits per heavy atom. The van der Waals surface area contributed by atoms with E-state index >= 15 is 0 Å². The Morgan fingerprint density at radius 2 is 1.54 bits per heavy atom. The van der Waals surface area contributed by atoms with Gasteiger partial charge in [0, 0.05) is 57.4 Å². The Labute approximate surface area is 219 Å². The summed E-state index contributed by atoms with van der Waals surface area (Å²) in [6, 6.07) is 7.64. The second-order valence-corrected chi connectivity index (χ2v) is 9.12. The largest absolute Gasteiger partial charge is 0.468 e. The molecular formula is C24H37Cl2N5O4. The second kappa shape index (κ2) is 13.5. The smallest absolute Gasteiger partial charge is 0.318 e. The van der Waals surface area contributed by atoms with Crippen molar-refractivity contribution in [2.45, 2.75) is 25.7 Å². The normalized spacial score (nSPS) is 17.5. The summed E-state index contributed by atoms with van der Waals surface area (Å²) in [7, 11) is 4.59. The topological polar surface area (TPSA) is 120 Å². The third-order valence-corrected chi connectivity index (χ3v) is 6.87. The molecule has 9 nitrogen and oxygen atoms in total. The zero-order valence-electron chi connectivity index (χ0n) is 20.6. The van der Waals surface area contributed by atoms with Crippen LogP contribution in [-0.2, 0) is 19.1 Å². The number of amides is 2. The first-order valence-corrected chi connectivity index (χ1v) is 11.5. The molecule has 0 bridgehead atoms. The van der Waals surface area contributed by atoms with Crippen molar-refractivity contribution in [2.24, 2.45) is 23.5 Å². The van der Waals surface area contributed by atoms with E-state index in [2.05, 4.69) is 4.90 Å². The SMILES string of the molecule is COC(=O)C(C(=O)N(C)C)C1CCN(C(=O)C2CCN(c3ccc(C(=N)N)cc3)CC2)CC1.Cl.Cl. The van der Waals surface area contributed by atoms with Gasteiger partial charge in [0.2, 0.25) is 11.8 Å². The van der Waals surface area contributed by atoms with E-state index in [1.807, 2.05) is 29.2 Å². The van der Waals surface area contributed by atoms with Gasteiger partial charge in [-0.25, -0.2) is 0 Å². The van der Waals surface area contributed by atoms with Crippen molar-refractivity contribution < 1.29 is 19.1 Å². The number of carbonyl (C=O) groups is 3. The van der Waals surface area contributed by atoms with Gasteiger partial charge in [-0.2, -0.15) is 0 Å². The van der Waals surface area contributed by atoms with E-state index in [0.717, 1.165) is 31.6 Å². The monoisotopic (exact) mass is 529 g/mol. The number of amidine groups is 1. The van der Waals surface area contributed by atoms with Crippen LogP contribution in [0, 0.1) is 23.2 Å². The number of hydrogen-bond donors (Lipinski definition) is 2. The van der Waals surface area contributed by atoms with E-state index in [4.69, 9.17) is 15.9 Å². The quantitative estimate of drug-likeness (QED) is 0.252. The van der Waals surface area contributed by atoms with Crippen LogP contribution in [0.1, 0.15) is 31.2 Å². The van der Waals surface area contributed by atoms with Crippen LogP contribution >= 0.6 is 24.8 Å². The van der Waals surface area contributed by atoms with Crippen LogP contribution in [0.25, 0.3) is 0 Å². The summed E-state index contributed by atoms with van der Waals surface area (Å²) in [4.78, 5) is 43.5. The summed E-state index contributed by atoms with van der Waals surface area (Å²) in [5, 5.41) is 7.51. The summed E-state index contributed by atoms with van der Waals surface area (Å²) < 4.78 is 4.88. The lowest BCUT2D eigenvalue weighted by Gasteiger charge is -2.39. The van der Waals surface area contributed by atoms with Gasteiger partial charge in [0.25, 0.3) is 0 Å². The zero-order valence-corrected chi connectivity index (χ0v) is 22.2. The first-order valence-electron chi connectivity index (χ1n) is 11.5. The van der Waals surface area contributed by atoms with E-state index in [0.29, 0.717) is 31.5 Å². The number of ether oxygens (including phenoxy) is 1. The molecule has 2 saturated heterocycles. The molecule has 11 heteroatoms. The zero-order chi connectivity index (χ0) is 24.1. The summed E-state index contributed by atoms with van der Waals surface area (Å²) >= 11 is 0. The maximum atomic E-state index is 13.1. The van der Waals surface area contributed by atoms with E-state index in [9.17, 15) is 14.4 Å². The molecular weight excluding hydrogens is 493 g/mol. The van der Waals surface area contributed by atoms with Crippen molar-refractivity contribution in [3.63, 3.8) is 0 Å². The Bertz CT molecular complexity index is 880. The lowest BCUT2D eigenvalue weighted by molar-refractivity contribution is -0.156. The molecule has 0 saturated carbocycles. The van der Waals surface area contributed by atoms with Gasteiger partial charge in [-0.1, -0.05) is 0 Å². The maximum Gasteiger partial charge on any atom is 0.318 e. The molecule has 3 N–H and O–H groups in total. The number of anilines is 1. The number of carbonyl (C=O) groups excluding carboxylic acids is 3. The van der Waals surface area contributed by atoms with Crippen molar-refractivity contribution in [3.05, 3.63) is 29.8 Å². The highest BCUT2D eigenvalue weighted by atomic mass is 35.5. The Kier molecular flexibility index (Phi) is 11.8. The molecule has 0 aromatic heterocycles. The summed E-state index contributed by atoms with van der Waals surface area (Å²) in [5.74, 6) is -1.44. The lowest BCUT2D eigenvalue weighted by Crippen LogP contribution is -2.48. The summed E-state index contributed by atoms with van der Waals surface area (Å²) in [6.45, 7) is 2.72. The summed E-state index contributed by atoms with van der Waals surface area (Å²) in [5.41, 5.74) is 7.30. The van der Waals surface area contributed by atoms with Crippen LogP contribution in [0.5, 0.6) is 0 Å². The first kappa shape index (κ1) is 30.5. The minimum absolute atomic E-state index is 0. The standard InChI is InChI=1S/C24H35N5O4.2ClH/c1-27(2)23(31)20(24(32)33-3)16-8-14-29(15-9-16)22(30)18-10-12-28(13-11-18)19-6-4-17(5-7-19)21(25)26;;/h4-7,16,18,20H,8-15H2,1-3H3,(H3,25,26);2*1H. The second-order valence-electron chi connectivity index (χ2n) is 9.12. The fraction of sp³-hybridized carbons (Fsp3) is 0.583. The molecule has 35 heavy (non-hydrogen) atoms. The van der Waals surface area contributed by atoms with Crippen molar-refractivity contribution >= 4 is 54.1 Å². The molecule has 0 spiro atoms. The highest BCUT2D eigenvalue weighted by Crippen LogP contribution is 2.30. The Hall–Kier alpha value is -2.52. The molecule has 1 unspecified atom stereocenters. The minimum atomic E-state index is -0.806. The first-order chi connectivity index (χ1) is 15.7. The molecule has 196 valence electrons. The number of esters is 1. The van der Waals surface area contributed by atoms with Crippen molar-refractivity contribution in [3.8, 4) is 0 Å². The van der Waals surface area contributed by atoms with E-state index in [1.165, 1.54) is 12.0 Å². The fourth-order valence-electron chi connectivity index (χ4n) is 4.85. The number of benzene rings is 1. The molecule has 3 rings (SSSR count).